The van der Waals surface area contributed by atoms with Gasteiger partial charge >= 0.3 is 17.9 Å². The van der Waals surface area contributed by atoms with E-state index in [4.69, 9.17) is 10.2 Å². The summed E-state index contributed by atoms with van der Waals surface area (Å²) in [6, 6.07) is -8.87. The van der Waals surface area contributed by atoms with Gasteiger partial charge in [-0.25, -0.2) is 8.42 Å². The van der Waals surface area contributed by atoms with Crippen LogP contribution in [0, 0.1) is 11.8 Å². The molecule has 6 amide bonds. The first-order valence-electron chi connectivity index (χ1n) is 19.9. The number of Topliss-reactive ketones (excluding diaryl/α,β-unsaturated/α-hetero) is 1. The van der Waals surface area contributed by atoms with Crippen molar-refractivity contribution in [1.82, 2.24) is 37.2 Å². The van der Waals surface area contributed by atoms with Gasteiger partial charge < -0.3 is 52.3 Å². The van der Waals surface area contributed by atoms with Crippen molar-refractivity contribution >= 4 is 69.0 Å². The molecule has 1 saturated carbocycles. The number of sulfone groups is 1. The van der Waals surface area contributed by atoms with Crippen molar-refractivity contribution in [3.63, 3.8) is 0 Å². The number of aliphatic carboxylic acids is 3. The molecule has 24 heteroatoms. The monoisotopic (exact) mass is 891 g/mol. The summed E-state index contributed by atoms with van der Waals surface area (Å²) >= 11 is 0. The molecular formula is C37H61N7O16S. The van der Waals surface area contributed by atoms with Crippen LogP contribution in [0.1, 0.15) is 98.3 Å². The molecule has 1 fully saturated rings. The Morgan fingerprint density at radius 1 is 0.672 bits per heavy atom. The van der Waals surface area contributed by atoms with Gasteiger partial charge in [-0.3, -0.25) is 53.3 Å². The third-order valence-corrected chi connectivity index (χ3v) is 10.6. The van der Waals surface area contributed by atoms with Crippen LogP contribution in [0.15, 0.2) is 0 Å². The number of aliphatic hydroxyl groups excluding tert-OH is 1. The summed E-state index contributed by atoms with van der Waals surface area (Å²) in [5.74, 6) is -13.1. The predicted molar refractivity (Wildman–Crippen MR) is 214 cm³/mol. The standard InChI is InChI=1S/C37H61N7O16S/c1-6-10-22(31(52)37(58)38-17-28(50)51)40-34(55)25(18-61(5,59)60)42-36(57)30(21-11-8-7-9-12-21)44-35(56)29(19(2)3)43-33(54)24(14-16-27(48)49)41-32(53)23(39-20(4)45)13-15-26(46)47/h19,21-25,29-30,34,40,55H,6-18H2,1-5H3,(H,38,58)(H,39,45)(H,41,53)(H,42,57)(H,43,54)(H,44,56)(H,46,47)(H,48,49)(H,50,51). The molecule has 0 bridgehead atoms. The van der Waals surface area contributed by atoms with Crippen LogP contribution in [0.2, 0.25) is 0 Å². The quantitative estimate of drug-likeness (QED) is 0.0281. The number of rotatable bonds is 28. The fourth-order valence-electron chi connectivity index (χ4n) is 6.60. The fraction of sp³-hybridized carbons (Fsp3) is 0.730. The molecule has 0 heterocycles. The predicted octanol–water partition coefficient (Wildman–Crippen LogP) is -2.71. The molecule has 0 aromatic carbocycles. The molecule has 1 rings (SSSR count). The third kappa shape index (κ3) is 20.7. The molecule has 0 aromatic heterocycles. The van der Waals surface area contributed by atoms with Crippen molar-refractivity contribution in [2.24, 2.45) is 11.8 Å². The molecule has 0 spiro atoms. The molecule has 0 aliphatic heterocycles. The van der Waals surface area contributed by atoms with E-state index in [1.165, 1.54) is 0 Å². The molecular weight excluding hydrogens is 831 g/mol. The van der Waals surface area contributed by atoms with Crippen molar-refractivity contribution in [1.29, 1.82) is 0 Å². The van der Waals surface area contributed by atoms with E-state index in [1.54, 1.807) is 20.8 Å². The van der Waals surface area contributed by atoms with Crippen molar-refractivity contribution in [2.45, 2.75) is 141 Å². The smallest absolute Gasteiger partial charge is 0.322 e. The minimum absolute atomic E-state index is 0.0551. The normalized spacial score (nSPS) is 16.6. The molecule has 0 radical (unpaired) electrons. The Labute approximate surface area is 353 Å². The number of ketones is 1. The van der Waals surface area contributed by atoms with Gasteiger partial charge in [-0.1, -0.05) is 46.5 Å². The SMILES string of the molecule is CCCC(NC(O)C(CS(C)(=O)=O)NC(=O)C(NC(=O)C(NC(=O)C(CCC(=O)O)NC(=O)C(CCC(=O)O)NC(C)=O)C(C)C)C1CCCCC1)C(=O)C(=O)NCC(=O)O. The first-order chi connectivity index (χ1) is 28.4. The van der Waals surface area contributed by atoms with Gasteiger partial charge in [0.2, 0.25) is 35.3 Å². The lowest BCUT2D eigenvalue weighted by Gasteiger charge is -2.34. The second-order valence-electron chi connectivity index (χ2n) is 15.4. The number of carbonyl (C=O) groups excluding carboxylic acids is 7. The van der Waals surface area contributed by atoms with E-state index in [1.807, 2.05) is 5.32 Å². The second kappa shape index (κ2) is 26.2. The number of aliphatic hydroxyl groups is 1. The lowest BCUT2D eigenvalue weighted by Crippen LogP contribution is -2.63. The van der Waals surface area contributed by atoms with Crippen LogP contribution in [-0.2, 0) is 57.8 Å². The first-order valence-corrected chi connectivity index (χ1v) is 22.0. The van der Waals surface area contributed by atoms with E-state index in [0.29, 0.717) is 25.7 Å². The number of amides is 6. The van der Waals surface area contributed by atoms with Crippen LogP contribution in [0.25, 0.3) is 0 Å². The van der Waals surface area contributed by atoms with Crippen LogP contribution < -0.4 is 37.2 Å². The largest absolute Gasteiger partial charge is 0.481 e. The fourth-order valence-corrected chi connectivity index (χ4v) is 7.52. The van der Waals surface area contributed by atoms with E-state index in [-0.39, 0.29) is 19.3 Å². The number of carbonyl (C=O) groups is 10. The van der Waals surface area contributed by atoms with Crippen molar-refractivity contribution in [3.8, 4) is 0 Å². The molecule has 1 aliphatic carbocycles. The van der Waals surface area contributed by atoms with Gasteiger partial charge in [-0.2, -0.15) is 0 Å². The molecule has 346 valence electrons. The Morgan fingerprint density at radius 3 is 1.69 bits per heavy atom. The highest BCUT2D eigenvalue weighted by Gasteiger charge is 2.39. The Morgan fingerprint density at radius 2 is 1.21 bits per heavy atom. The van der Waals surface area contributed by atoms with Crippen molar-refractivity contribution in [3.05, 3.63) is 0 Å². The van der Waals surface area contributed by atoms with E-state index in [2.05, 4.69) is 31.9 Å². The van der Waals surface area contributed by atoms with E-state index in [9.17, 15) is 66.6 Å². The number of nitrogens with one attached hydrogen (secondary N) is 7. The summed E-state index contributed by atoms with van der Waals surface area (Å²) in [5.41, 5.74) is 0. The minimum Gasteiger partial charge on any atom is -0.481 e. The van der Waals surface area contributed by atoms with Gasteiger partial charge in [0.25, 0.3) is 5.91 Å². The summed E-state index contributed by atoms with van der Waals surface area (Å²) in [4.78, 5) is 125. The number of carboxylic acids is 3. The number of carboxylic acid groups (broad SMARTS) is 3. The van der Waals surface area contributed by atoms with Crippen molar-refractivity contribution < 1.29 is 76.8 Å². The van der Waals surface area contributed by atoms with Crippen LogP contribution in [0.3, 0.4) is 0 Å². The van der Waals surface area contributed by atoms with Crippen LogP contribution in [-0.4, -0.2) is 149 Å². The Bertz CT molecular complexity index is 1700. The number of hydrogen-bond acceptors (Lipinski definition) is 14. The third-order valence-electron chi connectivity index (χ3n) is 9.65. The zero-order valence-electron chi connectivity index (χ0n) is 35.0. The first kappa shape index (κ1) is 53.8. The molecule has 23 nitrogen and oxygen atoms in total. The topological polar surface area (TPSA) is 370 Å². The number of hydrogen-bond donors (Lipinski definition) is 11. The second-order valence-corrected chi connectivity index (χ2v) is 17.6. The lowest BCUT2D eigenvalue weighted by atomic mass is 9.83. The molecule has 7 atom stereocenters. The molecule has 1 aliphatic rings. The zero-order chi connectivity index (χ0) is 46.6. The van der Waals surface area contributed by atoms with Crippen LogP contribution in [0.5, 0.6) is 0 Å². The Hall–Kier alpha value is -5.23. The molecule has 7 unspecified atom stereocenters. The average Bonchev–Trinajstić information content (AvgIpc) is 3.16. The highest BCUT2D eigenvalue weighted by molar-refractivity contribution is 7.90. The van der Waals surface area contributed by atoms with Gasteiger partial charge in [-0.05, 0) is 43.9 Å². The van der Waals surface area contributed by atoms with E-state index >= 15 is 0 Å². The zero-order valence-corrected chi connectivity index (χ0v) is 35.8. The lowest BCUT2D eigenvalue weighted by molar-refractivity contribution is -0.142. The van der Waals surface area contributed by atoms with Gasteiger partial charge in [0.1, 0.15) is 46.8 Å². The molecule has 0 saturated heterocycles. The highest BCUT2D eigenvalue weighted by atomic mass is 32.2. The van der Waals surface area contributed by atoms with E-state index in [0.717, 1.165) is 19.6 Å². The minimum atomic E-state index is -3.97. The summed E-state index contributed by atoms with van der Waals surface area (Å²) in [6.07, 6.45) is 0.0996. The van der Waals surface area contributed by atoms with Crippen LogP contribution in [0.4, 0.5) is 0 Å². The van der Waals surface area contributed by atoms with Gasteiger partial charge in [0.05, 0.1) is 17.8 Å². The summed E-state index contributed by atoms with van der Waals surface area (Å²) in [5, 5.41) is 55.1. The van der Waals surface area contributed by atoms with Crippen LogP contribution >= 0.6 is 0 Å². The van der Waals surface area contributed by atoms with Gasteiger partial charge in [0.15, 0.2) is 0 Å². The van der Waals surface area contributed by atoms with Gasteiger partial charge in [-0.15, -0.1) is 0 Å². The summed E-state index contributed by atoms with van der Waals surface area (Å²) < 4.78 is 25.0. The Kier molecular flexibility index (Phi) is 23.1. The molecule has 0 aromatic rings. The maximum absolute atomic E-state index is 14.1. The molecule has 61 heavy (non-hydrogen) atoms. The maximum atomic E-state index is 14.1. The summed E-state index contributed by atoms with van der Waals surface area (Å²) in [7, 11) is -3.97. The Balaban J connectivity index is 3.45. The highest BCUT2D eigenvalue weighted by Crippen LogP contribution is 2.27. The van der Waals surface area contributed by atoms with Crippen molar-refractivity contribution in [2.75, 3.05) is 18.6 Å². The molecule has 11 N–H and O–H groups in total. The summed E-state index contributed by atoms with van der Waals surface area (Å²) in [6.45, 7) is 4.94. The van der Waals surface area contributed by atoms with Gasteiger partial charge in [0, 0.05) is 26.0 Å². The average molecular weight is 892 g/mol. The maximum Gasteiger partial charge on any atom is 0.322 e. The van der Waals surface area contributed by atoms with E-state index < -0.39 is 155 Å².